The molecule has 0 bridgehead atoms. The molecule has 4 aliphatic carbocycles. The Morgan fingerprint density at radius 3 is 2.77 bits per heavy atom. The Balaban J connectivity index is 1.41. The molecule has 6 nitrogen and oxygen atoms in total. The highest BCUT2D eigenvalue weighted by molar-refractivity contribution is 7.09. The summed E-state index contributed by atoms with van der Waals surface area (Å²) in [4.78, 5) is 32.2. The second kappa shape index (κ2) is 7.31. The minimum absolute atomic E-state index is 0.0657. The quantitative estimate of drug-likeness (QED) is 0.649. The van der Waals surface area contributed by atoms with Gasteiger partial charge in [0.2, 0.25) is 0 Å². The van der Waals surface area contributed by atoms with E-state index in [1.807, 2.05) is 17.5 Å². The molecule has 5 aliphatic rings. The van der Waals surface area contributed by atoms with E-state index < -0.39 is 63.9 Å². The number of alkyl halides is 2. The molecule has 9 heteroatoms. The number of fused-ring (bicyclic) bond motifs is 7. The second-order valence-corrected chi connectivity index (χ2v) is 12.4. The Morgan fingerprint density at radius 2 is 2.09 bits per heavy atom. The molecule has 0 unspecified atom stereocenters. The van der Waals surface area contributed by atoms with Crippen LogP contribution in [0.1, 0.15) is 38.0 Å². The lowest BCUT2D eigenvalue weighted by molar-refractivity contribution is -0.275. The maximum Gasteiger partial charge on any atom is 0.339 e. The molecule has 1 aromatic heterocycles. The van der Waals surface area contributed by atoms with Crippen molar-refractivity contribution in [3.05, 3.63) is 46.2 Å². The smallest absolute Gasteiger partial charge is 0.339 e. The summed E-state index contributed by atoms with van der Waals surface area (Å²) < 4.78 is 32.8. The minimum atomic E-state index is -2.22. The van der Waals surface area contributed by atoms with Crippen molar-refractivity contribution in [3.63, 3.8) is 0 Å². The molecular weight excluding hydrogens is 476 g/mol. The predicted octanol–water partition coefficient (Wildman–Crippen LogP) is 3.86. The summed E-state index contributed by atoms with van der Waals surface area (Å²) in [6.07, 6.45) is 0.769. The van der Waals surface area contributed by atoms with E-state index in [0.717, 1.165) is 11.0 Å². The maximum absolute atomic E-state index is 17.3. The molecule has 188 valence electrons. The number of nitrogens with zero attached hydrogens (tertiary/aromatic N) is 1. The number of carboxylic acid groups (broad SMARTS) is 1. The van der Waals surface area contributed by atoms with Crippen molar-refractivity contribution in [2.75, 3.05) is 6.54 Å². The fraction of sp³-hybridized carbons (Fsp3) is 0.615. The lowest BCUT2D eigenvalue weighted by Gasteiger charge is -2.62. The van der Waals surface area contributed by atoms with Crippen LogP contribution in [0, 0.1) is 28.6 Å². The normalized spacial score (nSPS) is 48.7. The van der Waals surface area contributed by atoms with E-state index in [1.165, 1.54) is 12.2 Å². The topological polar surface area (TPSA) is 87.1 Å². The first-order chi connectivity index (χ1) is 16.5. The second-order valence-electron chi connectivity index (χ2n) is 11.3. The molecule has 35 heavy (non-hydrogen) atoms. The van der Waals surface area contributed by atoms with Crippen molar-refractivity contribution in [1.82, 2.24) is 5.06 Å². The first-order valence-electron chi connectivity index (χ1n) is 12.1. The van der Waals surface area contributed by atoms with Crippen molar-refractivity contribution in [3.8, 4) is 0 Å². The zero-order valence-electron chi connectivity index (χ0n) is 19.6. The number of carbonyl (C=O) groups excluding carboxylic acids is 1. The van der Waals surface area contributed by atoms with E-state index in [0.29, 0.717) is 19.5 Å². The summed E-state index contributed by atoms with van der Waals surface area (Å²) in [6.45, 7) is 4.13. The third-order valence-corrected chi connectivity index (χ3v) is 10.8. The SMILES string of the molecule is C[C@]12C=CC(=O)C=C1[C@@H](F)C[C@H]1[C@@H]3C[C@H]4CN(Cc5cccs5)O[C@@]4(C(=O)O)[C@@]3(C)C[C@H](O)[C@@]12F. The number of allylic oxidation sites excluding steroid dienone is 4. The van der Waals surface area contributed by atoms with E-state index in [9.17, 15) is 19.8 Å². The molecule has 2 N–H and O–H groups in total. The van der Waals surface area contributed by atoms with E-state index in [4.69, 9.17) is 4.84 Å². The largest absolute Gasteiger partial charge is 0.479 e. The number of hydrogen-bond acceptors (Lipinski definition) is 6. The van der Waals surface area contributed by atoms with Gasteiger partial charge in [-0.3, -0.25) is 9.63 Å². The Bertz CT molecular complexity index is 1150. The summed E-state index contributed by atoms with van der Waals surface area (Å²) in [5, 5.41) is 25.6. The van der Waals surface area contributed by atoms with Gasteiger partial charge in [-0.05, 0) is 61.3 Å². The van der Waals surface area contributed by atoms with Crippen LogP contribution in [0.5, 0.6) is 0 Å². The predicted molar refractivity (Wildman–Crippen MR) is 124 cm³/mol. The third kappa shape index (κ3) is 2.73. The first-order valence-corrected chi connectivity index (χ1v) is 13.0. The van der Waals surface area contributed by atoms with Crippen LogP contribution in [0.3, 0.4) is 0 Å². The van der Waals surface area contributed by atoms with Crippen LogP contribution in [0.15, 0.2) is 41.3 Å². The number of halogens is 2. The number of rotatable bonds is 3. The highest BCUT2D eigenvalue weighted by Gasteiger charge is 2.80. The fourth-order valence-corrected chi connectivity index (χ4v) is 9.06. The number of aliphatic hydroxyl groups is 1. The molecule has 0 aromatic carbocycles. The number of aliphatic hydroxyl groups excluding tert-OH is 1. The highest BCUT2D eigenvalue weighted by atomic mass is 32.1. The van der Waals surface area contributed by atoms with Crippen molar-refractivity contribution in [2.45, 2.75) is 63.2 Å². The third-order valence-electron chi connectivity index (χ3n) is 9.91. The number of carbonyl (C=O) groups is 2. The number of carboxylic acids is 1. The van der Waals surface area contributed by atoms with Gasteiger partial charge >= 0.3 is 5.97 Å². The van der Waals surface area contributed by atoms with Gasteiger partial charge in [0.15, 0.2) is 17.1 Å². The zero-order valence-corrected chi connectivity index (χ0v) is 20.4. The molecule has 4 fully saturated rings. The number of thiophene rings is 1. The van der Waals surface area contributed by atoms with Crippen LogP contribution < -0.4 is 0 Å². The van der Waals surface area contributed by atoms with Crippen LogP contribution in [0.4, 0.5) is 8.78 Å². The van der Waals surface area contributed by atoms with Gasteiger partial charge in [-0.25, -0.2) is 13.6 Å². The standard InChI is InChI=1S/C26H29F2NO5S/c1-23-6-5-15(30)9-19(23)20(27)10-18-17-8-14-12-29(13-16-4-3-7-35-16)34-26(14,22(32)33)24(17,2)11-21(31)25(18,23)28/h3-7,9,14,17-18,20-21,31H,8,10-13H2,1-2H3,(H,32,33)/t14-,17-,18-,20-,21-,23-,24-,25-,26-/m0/s1. The van der Waals surface area contributed by atoms with Gasteiger partial charge in [-0.2, -0.15) is 5.06 Å². The molecular formula is C26H29F2NO5S. The fourth-order valence-electron chi connectivity index (χ4n) is 8.35. The van der Waals surface area contributed by atoms with Crippen LogP contribution >= 0.6 is 11.3 Å². The van der Waals surface area contributed by atoms with Crippen LogP contribution in [0.25, 0.3) is 0 Å². The Labute approximate surface area is 206 Å². The van der Waals surface area contributed by atoms with E-state index >= 15 is 8.78 Å². The van der Waals surface area contributed by atoms with Crippen LogP contribution in [0.2, 0.25) is 0 Å². The number of ketones is 1. The first kappa shape index (κ1) is 23.5. The highest BCUT2D eigenvalue weighted by Crippen LogP contribution is 2.72. The Kier molecular flexibility index (Phi) is 4.90. The number of hydrogen-bond donors (Lipinski definition) is 2. The minimum Gasteiger partial charge on any atom is -0.479 e. The summed E-state index contributed by atoms with van der Waals surface area (Å²) in [7, 11) is 0. The summed E-state index contributed by atoms with van der Waals surface area (Å²) in [5.74, 6) is -3.35. The van der Waals surface area contributed by atoms with Gasteiger partial charge in [-0.1, -0.05) is 19.1 Å². The zero-order chi connectivity index (χ0) is 25.0. The van der Waals surface area contributed by atoms with Gasteiger partial charge < -0.3 is 10.2 Å². The van der Waals surface area contributed by atoms with Crippen molar-refractivity contribution >= 4 is 23.1 Å². The Hall–Kier alpha value is -1.94. The van der Waals surface area contributed by atoms with Gasteiger partial charge in [0.05, 0.1) is 12.6 Å². The molecule has 9 atom stereocenters. The number of aliphatic carboxylic acids is 1. The molecule has 0 spiro atoms. The van der Waals surface area contributed by atoms with Gasteiger partial charge in [0.25, 0.3) is 0 Å². The van der Waals surface area contributed by atoms with Crippen molar-refractivity contribution < 1.29 is 33.4 Å². The van der Waals surface area contributed by atoms with Gasteiger partial charge in [0.1, 0.15) is 6.17 Å². The molecule has 1 saturated heterocycles. The van der Waals surface area contributed by atoms with Crippen molar-refractivity contribution in [1.29, 1.82) is 0 Å². The summed E-state index contributed by atoms with van der Waals surface area (Å²) in [5.41, 5.74) is -6.37. The molecule has 0 amide bonds. The van der Waals surface area contributed by atoms with Crippen molar-refractivity contribution in [2.24, 2.45) is 28.6 Å². The van der Waals surface area contributed by atoms with Gasteiger partial charge in [-0.15, -0.1) is 11.3 Å². The Morgan fingerprint density at radius 1 is 1.31 bits per heavy atom. The van der Waals surface area contributed by atoms with Gasteiger partial charge in [0, 0.05) is 34.1 Å². The lowest BCUT2D eigenvalue weighted by Crippen LogP contribution is -2.70. The van der Waals surface area contributed by atoms with Crippen LogP contribution in [-0.4, -0.2) is 57.1 Å². The summed E-state index contributed by atoms with van der Waals surface area (Å²) in [6, 6.07) is 3.88. The monoisotopic (exact) mass is 505 g/mol. The van der Waals surface area contributed by atoms with E-state index in [-0.39, 0.29) is 18.4 Å². The maximum atomic E-state index is 17.3. The van der Waals surface area contributed by atoms with E-state index in [2.05, 4.69) is 0 Å². The summed E-state index contributed by atoms with van der Waals surface area (Å²) >= 11 is 1.56. The molecule has 3 saturated carbocycles. The molecule has 6 rings (SSSR count). The molecule has 0 radical (unpaired) electrons. The molecule has 1 aromatic rings. The van der Waals surface area contributed by atoms with Crippen LogP contribution in [-0.2, 0) is 21.0 Å². The molecule has 1 aliphatic heterocycles. The number of hydroxylamine groups is 2. The average Bonchev–Trinajstić information content (AvgIpc) is 3.48. The molecule has 2 heterocycles. The lowest BCUT2D eigenvalue weighted by atomic mass is 9.44. The van der Waals surface area contributed by atoms with E-state index in [1.54, 1.807) is 30.2 Å². The average molecular weight is 506 g/mol.